The number of hydrogen-bond acceptors (Lipinski definition) is 6. The summed E-state index contributed by atoms with van der Waals surface area (Å²) in [7, 11) is 0. The number of carbonyl (C=O) groups is 2. The van der Waals surface area contributed by atoms with E-state index in [1.807, 2.05) is 0 Å². The van der Waals surface area contributed by atoms with Gasteiger partial charge in [0.05, 0.1) is 23.6 Å². The van der Waals surface area contributed by atoms with Crippen LogP contribution in [0.15, 0.2) is 12.1 Å². The van der Waals surface area contributed by atoms with Crippen molar-refractivity contribution < 1.29 is 14.3 Å². The molecular formula is C19H23N3O3S. The summed E-state index contributed by atoms with van der Waals surface area (Å²) in [4.78, 5) is 34.5. The third kappa shape index (κ3) is 4.27. The molecule has 3 rings (SSSR count). The summed E-state index contributed by atoms with van der Waals surface area (Å²) < 4.78 is 4.98. The second kappa shape index (κ2) is 8.40. The zero-order valence-electron chi connectivity index (χ0n) is 15.1. The zero-order chi connectivity index (χ0) is 18.5. The predicted octanol–water partition coefficient (Wildman–Crippen LogP) is 3.93. The lowest BCUT2D eigenvalue weighted by atomic mass is 10.0. The Morgan fingerprint density at radius 2 is 1.92 bits per heavy atom. The van der Waals surface area contributed by atoms with E-state index in [0.717, 1.165) is 25.0 Å². The summed E-state index contributed by atoms with van der Waals surface area (Å²) >= 11 is 1.55. The average molecular weight is 373 g/mol. The Kier molecular flexibility index (Phi) is 5.98. The highest BCUT2D eigenvalue weighted by Crippen LogP contribution is 2.28. The van der Waals surface area contributed by atoms with E-state index < -0.39 is 5.97 Å². The van der Waals surface area contributed by atoms with Gasteiger partial charge in [-0.2, -0.15) is 0 Å². The largest absolute Gasteiger partial charge is 0.462 e. The van der Waals surface area contributed by atoms with Crippen molar-refractivity contribution in [2.45, 2.75) is 52.4 Å². The lowest BCUT2D eigenvalue weighted by molar-refractivity contribution is 0.0524. The smallest absolute Gasteiger partial charge is 0.339 e. The number of esters is 1. The van der Waals surface area contributed by atoms with Gasteiger partial charge in [0, 0.05) is 4.88 Å². The van der Waals surface area contributed by atoms with Crippen molar-refractivity contribution in [2.75, 3.05) is 11.9 Å². The second-order valence-electron chi connectivity index (χ2n) is 6.31. The van der Waals surface area contributed by atoms with Crippen LogP contribution in [0.2, 0.25) is 0 Å². The van der Waals surface area contributed by atoms with Crippen molar-refractivity contribution >= 4 is 28.3 Å². The minimum atomic E-state index is -0.427. The molecule has 7 heteroatoms. The van der Waals surface area contributed by atoms with Crippen LogP contribution in [0.5, 0.6) is 0 Å². The topological polar surface area (TPSA) is 81.2 Å². The first kappa shape index (κ1) is 18.5. The Labute approximate surface area is 157 Å². The maximum absolute atomic E-state index is 12.5. The van der Waals surface area contributed by atoms with Crippen LogP contribution >= 0.6 is 11.3 Å². The number of fused-ring (bicyclic) bond motifs is 1. The normalized spacial score (nSPS) is 14.1. The summed E-state index contributed by atoms with van der Waals surface area (Å²) in [5, 5.41) is 3.47. The molecule has 0 atom stereocenters. The molecule has 0 saturated carbocycles. The van der Waals surface area contributed by atoms with Gasteiger partial charge in [0.15, 0.2) is 5.13 Å². The number of amides is 1. The van der Waals surface area contributed by atoms with E-state index in [0.29, 0.717) is 23.0 Å². The molecule has 1 N–H and O–H groups in total. The molecule has 26 heavy (non-hydrogen) atoms. The van der Waals surface area contributed by atoms with Crippen LogP contribution < -0.4 is 5.32 Å². The average Bonchev–Trinajstić information content (AvgIpc) is 2.95. The third-order valence-electron chi connectivity index (χ3n) is 4.38. The fourth-order valence-corrected chi connectivity index (χ4v) is 4.08. The Morgan fingerprint density at radius 3 is 2.65 bits per heavy atom. The first-order chi connectivity index (χ1) is 12.6. The van der Waals surface area contributed by atoms with Crippen LogP contribution in [0.1, 0.15) is 69.7 Å². The lowest BCUT2D eigenvalue weighted by Gasteiger charge is -2.07. The van der Waals surface area contributed by atoms with Gasteiger partial charge in [0.2, 0.25) is 0 Å². The van der Waals surface area contributed by atoms with Gasteiger partial charge in [-0.05, 0) is 51.7 Å². The second-order valence-corrected chi connectivity index (χ2v) is 7.39. The fourth-order valence-electron chi connectivity index (χ4n) is 3.03. The van der Waals surface area contributed by atoms with E-state index >= 15 is 0 Å². The molecule has 1 amide bonds. The van der Waals surface area contributed by atoms with Crippen molar-refractivity contribution in [3.8, 4) is 0 Å². The Hall–Kier alpha value is -2.28. The molecule has 2 aromatic rings. The number of rotatable bonds is 4. The van der Waals surface area contributed by atoms with Crippen LogP contribution in [0.4, 0.5) is 5.13 Å². The molecule has 138 valence electrons. The maximum Gasteiger partial charge on any atom is 0.339 e. The number of aromatic nitrogens is 2. The molecule has 0 saturated heterocycles. The number of nitrogens with zero attached hydrogens (tertiary/aromatic N) is 2. The highest BCUT2D eigenvalue weighted by atomic mass is 32.1. The van der Waals surface area contributed by atoms with E-state index in [1.54, 1.807) is 31.3 Å². The van der Waals surface area contributed by atoms with Crippen LogP contribution in [0.3, 0.4) is 0 Å². The number of aryl methyl sites for hydroxylation is 3. The Bertz CT molecular complexity index is 791. The highest BCUT2D eigenvalue weighted by Gasteiger charge is 2.18. The summed E-state index contributed by atoms with van der Waals surface area (Å²) in [6, 6.07) is 3.12. The fraction of sp³-hybridized carbons (Fsp3) is 0.474. The number of ether oxygens (including phenoxy) is 1. The standard InChI is InChI=1S/C19H23N3O3S/c1-3-25-18(24)13-10-11-15(20-12(13)2)17(23)22-19-21-14-8-6-4-5-7-9-16(14)26-19/h10-11H,3-9H2,1-2H3,(H,21,22,23). The Balaban J connectivity index is 1.73. The quantitative estimate of drug-likeness (QED) is 0.821. The van der Waals surface area contributed by atoms with Gasteiger partial charge in [-0.25, -0.2) is 14.8 Å². The third-order valence-corrected chi connectivity index (χ3v) is 5.45. The first-order valence-corrected chi connectivity index (χ1v) is 9.85. The van der Waals surface area contributed by atoms with E-state index in [9.17, 15) is 9.59 Å². The molecule has 0 unspecified atom stereocenters. The van der Waals surface area contributed by atoms with Gasteiger partial charge in [-0.15, -0.1) is 11.3 Å². The number of pyridine rings is 1. The molecular weight excluding hydrogens is 350 g/mol. The minimum Gasteiger partial charge on any atom is -0.462 e. The molecule has 2 heterocycles. The summed E-state index contributed by atoms with van der Waals surface area (Å²) in [5.41, 5.74) is 2.23. The molecule has 1 aliphatic rings. The Morgan fingerprint density at radius 1 is 1.15 bits per heavy atom. The van der Waals surface area contributed by atoms with E-state index in [1.165, 1.54) is 30.2 Å². The van der Waals surface area contributed by atoms with Crippen LogP contribution in [-0.2, 0) is 17.6 Å². The van der Waals surface area contributed by atoms with Gasteiger partial charge >= 0.3 is 5.97 Å². The van der Waals surface area contributed by atoms with E-state index in [2.05, 4.69) is 15.3 Å². The van der Waals surface area contributed by atoms with Crippen LogP contribution in [0.25, 0.3) is 0 Å². The molecule has 6 nitrogen and oxygen atoms in total. The van der Waals surface area contributed by atoms with Crippen molar-refractivity contribution in [2.24, 2.45) is 0 Å². The number of anilines is 1. The number of thiazole rings is 1. The molecule has 0 aliphatic heterocycles. The molecule has 0 bridgehead atoms. The van der Waals surface area contributed by atoms with Crippen LogP contribution in [-0.4, -0.2) is 28.5 Å². The maximum atomic E-state index is 12.5. The molecule has 1 aliphatic carbocycles. The van der Waals surface area contributed by atoms with Crippen molar-refractivity contribution in [3.63, 3.8) is 0 Å². The van der Waals surface area contributed by atoms with Crippen molar-refractivity contribution in [3.05, 3.63) is 39.7 Å². The lowest BCUT2D eigenvalue weighted by Crippen LogP contribution is -2.16. The number of hydrogen-bond donors (Lipinski definition) is 1. The van der Waals surface area contributed by atoms with Gasteiger partial charge in [-0.3, -0.25) is 10.1 Å². The summed E-state index contributed by atoms with van der Waals surface area (Å²) in [6.45, 7) is 3.74. The molecule has 0 spiro atoms. The van der Waals surface area contributed by atoms with E-state index in [4.69, 9.17) is 4.74 Å². The summed E-state index contributed by atoms with van der Waals surface area (Å²) in [5.74, 6) is -0.741. The van der Waals surface area contributed by atoms with Crippen molar-refractivity contribution in [1.29, 1.82) is 0 Å². The highest BCUT2D eigenvalue weighted by molar-refractivity contribution is 7.15. The van der Waals surface area contributed by atoms with Gasteiger partial charge in [-0.1, -0.05) is 12.8 Å². The predicted molar refractivity (Wildman–Crippen MR) is 101 cm³/mol. The van der Waals surface area contributed by atoms with Gasteiger partial charge in [0.1, 0.15) is 5.69 Å². The zero-order valence-corrected chi connectivity index (χ0v) is 15.9. The van der Waals surface area contributed by atoms with E-state index in [-0.39, 0.29) is 11.6 Å². The monoisotopic (exact) mass is 373 g/mol. The minimum absolute atomic E-state index is 0.262. The van der Waals surface area contributed by atoms with Crippen LogP contribution in [0, 0.1) is 6.92 Å². The first-order valence-electron chi connectivity index (χ1n) is 9.03. The molecule has 0 radical (unpaired) electrons. The van der Waals surface area contributed by atoms with Gasteiger partial charge < -0.3 is 4.74 Å². The molecule has 0 aromatic carbocycles. The molecule has 2 aromatic heterocycles. The number of carbonyl (C=O) groups excluding carboxylic acids is 2. The van der Waals surface area contributed by atoms with Crippen molar-refractivity contribution in [1.82, 2.24) is 9.97 Å². The SMILES string of the molecule is CCOC(=O)c1ccc(C(=O)Nc2nc3c(s2)CCCCCC3)nc1C. The summed E-state index contributed by atoms with van der Waals surface area (Å²) in [6.07, 6.45) is 6.85. The van der Waals surface area contributed by atoms with Gasteiger partial charge in [0.25, 0.3) is 5.91 Å². The molecule has 0 fully saturated rings. The number of nitrogens with one attached hydrogen (secondary N) is 1.